The zero-order valence-electron chi connectivity index (χ0n) is 9.17. The molecular weight excluding hydrogens is 228 g/mol. The largest absolute Gasteiger partial charge is 0.480 e. The van der Waals surface area contributed by atoms with Gasteiger partial charge in [0.25, 0.3) is 0 Å². The molecule has 1 aromatic carbocycles. The first-order valence-corrected chi connectivity index (χ1v) is 6.42. The lowest BCUT2D eigenvalue weighted by atomic mass is 10.2. The highest BCUT2D eigenvalue weighted by Crippen LogP contribution is 2.21. The lowest BCUT2D eigenvalue weighted by molar-refractivity contribution is -0.139. The number of sulfone groups is 1. The summed E-state index contributed by atoms with van der Waals surface area (Å²) < 4.78 is 22.0. The molecule has 1 aromatic rings. The molecule has 0 amide bonds. The molecule has 0 fully saturated rings. The molecule has 1 rings (SSSR count). The van der Waals surface area contributed by atoms with Gasteiger partial charge in [0, 0.05) is 0 Å². The zero-order chi connectivity index (χ0) is 12.4. The van der Waals surface area contributed by atoms with Crippen LogP contribution in [0.25, 0.3) is 0 Å². The molecule has 0 saturated carbocycles. The molecule has 1 N–H and O–H groups in total. The van der Waals surface area contributed by atoms with Crippen molar-refractivity contribution in [3.8, 4) is 0 Å². The number of hydrogen-bond acceptors (Lipinski definition) is 3. The van der Waals surface area contributed by atoms with Crippen LogP contribution in [0.2, 0.25) is 0 Å². The van der Waals surface area contributed by atoms with Crippen molar-refractivity contribution in [2.75, 3.05) is 0 Å². The van der Waals surface area contributed by atoms with Crippen LogP contribution in [0.1, 0.15) is 19.4 Å². The van der Waals surface area contributed by atoms with Gasteiger partial charge >= 0.3 is 5.97 Å². The van der Waals surface area contributed by atoms with Gasteiger partial charge in [0.2, 0.25) is 0 Å². The van der Waals surface area contributed by atoms with Crippen LogP contribution in [0.4, 0.5) is 0 Å². The van der Waals surface area contributed by atoms with Crippen LogP contribution in [-0.2, 0) is 20.4 Å². The standard InChI is InChI=1S/C11H14O4S/c1-11(2,10(12)13)16(14,15)8-9-6-4-3-5-7-9/h3-7H,8H2,1-2H3,(H,12,13). The molecule has 0 radical (unpaired) electrons. The molecular formula is C11H14O4S. The maximum atomic E-state index is 11.9. The average molecular weight is 242 g/mol. The van der Waals surface area contributed by atoms with E-state index in [-0.39, 0.29) is 5.75 Å². The Balaban J connectivity index is 3.02. The van der Waals surface area contributed by atoms with Gasteiger partial charge in [0.05, 0.1) is 5.75 Å². The van der Waals surface area contributed by atoms with Crippen LogP contribution in [0.5, 0.6) is 0 Å². The van der Waals surface area contributed by atoms with Crippen LogP contribution in [0.15, 0.2) is 30.3 Å². The van der Waals surface area contributed by atoms with Crippen molar-refractivity contribution >= 4 is 15.8 Å². The molecule has 0 heterocycles. The van der Waals surface area contributed by atoms with E-state index in [4.69, 9.17) is 5.11 Å². The lowest BCUT2D eigenvalue weighted by Gasteiger charge is -2.19. The number of rotatable bonds is 4. The third-order valence-corrected chi connectivity index (χ3v) is 4.94. The Morgan fingerprint density at radius 1 is 1.25 bits per heavy atom. The van der Waals surface area contributed by atoms with Crippen molar-refractivity contribution in [3.63, 3.8) is 0 Å². The van der Waals surface area contributed by atoms with Gasteiger partial charge in [-0.1, -0.05) is 30.3 Å². The number of hydrogen-bond donors (Lipinski definition) is 1. The van der Waals surface area contributed by atoms with Gasteiger partial charge < -0.3 is 5.11 Å². The van der Waals surface area contributed by atoms with Crippen LogP contribution < -0.4 is 0 Å². The highest BCUT2D eigenvalue weighted by molar-refractivity contribution is 7.92. The van der Waals surface area contributed by atoms with Gasteiger partial charge in [0.1, 0.15) is 0 Å². The first-order valence-electron chi connectivity index (χ1n) is 4.77. The Morgan fingerprint density at radius 3 is 2.19 bits per heavy atom. The first-order chi connectivity index (χ1) is 7.27. The van der Waals surface area contributed by atoms with E-state index in [0.29, 0.717) is 5.56 Å². The molecule has 0 bridgehead atoms. The fourth-order valence-corrected chi connectivity index (χ4v) is 2.37. The Hall–Kier alpha value is -1.36. The number of carbonyl (C=O) groups is 1. The number of aliphatic carboxylic acids is 1. The smallest absolute Gasteiger partial charge is 0.324 e. The molecule has 0 aliphatic rings. The monoisotopic (exact) mass is 242 g/mol. The maximum Gasteiger partial charge on any atom is 0.324 e. The summed E-state index contributed by atoms with van der Waals surface area (Å²) in [7, 11) is -3.71. The number of carboxylic acid groups (broad SMARTS) is 1. The molecule has 88 valence electrons. The summed E-state index contributed by atoms with van der Waals surface area (Å²) in [6.07, 6.45) is 0. The number of benzene rings is 1. The Bertz CT molecular complexity index is 474. The van der Waals surface area contributed by atoms with E-state index in [1.165, 1.54) is 13.8 Å². The van der Waals surface area contributed by atoms with Gasteiger partial charge in [-0.2, -0.15) is 0 Å². The average Bonchev–Trinajstić information content (AvgIpc) is 2.18. The summed E-state index contributed by atoms with van der Waals surface area (Å²) in [5, 5.41) is 8.88. The second-order valence-corrected chi connectivity index (χ2v) is 6.60. The maximum absolute atomic E-state index is 11.9. The predicted octanol–water partition coefficient (Wildman–Crippen LogP) is 1.46. The fourth-order valence-electron chi connectivity index (χ4n) is 1.11. The minimum atomic E-state index is -3.71. The summed E-state index contributed by atoms with van der Waals surface area (Å²) in [6, 6.07) is 8.54. The first kappa shape index (κ1) is 12.7. The zero-order valence-corrected chi connectivity index (χ0v) is 9.99. The molecule has 0 atom stereocenters. The quantitative estimate of drug-likeness (QED) is 0.867. The highest BCUT2D eigenvalue weighted by atomic mass is 32.2. The Kier molecular flexibility index (Phi) is 3.38. The molecule has 0 aliphatic heterocycles. The highest BCUT2D eigenvalue weighted by Gasteiger charge is 2.41. The molecule has 16 heavy (non-hydrogen) atoms. The minimum Gasteiger partial charge on any atom is -0.480 e. The third-order valence-electron chi connectivity index (χ3n) is 2.49. The van der Waals surface area contributed by atoms with E-state index >= 15 is 0 Å². The van der Waals surface area contributed by atoms with Crippen molar-refractivity contribution in [1.82, 2.24) is 0 Å². The van der Waals surface area contributed by atoms with E-state index in [1.54, 1.807) is 30.3 Å². The summed E-state index contributed by atoms with van der Waals surface area (Å²) in [5.41, 5.74) is 0.594. The summed E-state index contributed by atoms with van der Waals surface area (Å²) in [4.78, 5) is 10.9. The van der Waals surface area contributed by atoms with E-state index in [2.05, 4.69) is 0 Å². The van der Waals surface area contributed by atoms with Gasteiger partial charge in [-0.05, 0) is 19.4 Å². The molecule has 0 aromatic heterocycles. The molecule has 5 heteroatoms. The second kappa shape index (κ2) is 4.25. The van der Waals surface area contributed by atoms with E-state index in [1.807, 2.05) is 0 Å². The topological polar surface area (TPSA) is 71.4 Å². The van der Waals surface area contributed by atoms with Crippen molar-refractivity contribution in [2.24, 2.45) is 0 Å². The third kappa shape index (κ3) is 2.41. The fraction of sp³-hybridized carbons (Fsp3) is 0.364. The Labute approximate surface area is 94.8 Å². The minimum absolute atomic E-state index is 0.257. The summed E-state index contributed by atoms with van der Waals surface area (Å²) in [5.74, 6) is -1.59. The van der Waals surface area contributed by atoms with Gasteiger partial charge in [0.15, 0.2) is 14.6 Å². The SMILES string of the molecule is CC(C)(C(=O)O)S(=O)(=O)Cc1ccccc1. The predicted molar refractivity (Wildman–Crippen MR) is 60.8 cm³/mol. The van der Waals surface area contributed by atoms with Crippen molar-refractivity contribution < 1.29 is 18.3 Å². The van der Waals surface area contributed by atoms with Crippen molar-refractivity contribution in [1.29, 1.82) is 0 Å². The molecule has 0 spiro atoms. The lowest BCUT2D eigenvalue weighted by Crippen LogP contribution is -2.41. The molecule has 4 nitrogen and oxygen atoms in total. The molecule has 0 unspecified atom stereocenters. The normalized spacial score (nSPS) is 12.4. The van der Waals surface area contributed by atoms with Gasteiger partial charge in [-0.3, -0.25) is 4.79 Å². The molecule has 0 saturated heterocycles. The van der Waals surface area contributed by atoms with Gasteiger partial charge in [-0.25, -0.2) is 8.42 Å². The van der Waals surface area contributed by atoms with Crippen LogP contribution in [0, 0.1) is 0 Å². The van der Waals surface area contributed by atoms with E-state index in [9.17, 15) is 13.2 Å². The summed E-state index contributed by atoms with van der Waals surface area (Å²) in [6.45, 7) is 2.40. The molecule has 0 aliphatic carbocycles. The van der Waals surface area contributed by atoms with Crippen molar-refractivity contribution in [2.45, 2.75) is 24.3 Å². The van der Waals surface area contributed by atoms with Crippen molar-refractivity contribution in [3.05, 3.63) is 35.9 Å². The number of carboxylic acids is 1. The van der Waals surface area contributed by atoms with Crippen LogP contribution >= 0.6 is 0 Å². The van der Waals surface area contributed by atoms with Gasteiger partial charge in [-0.15, -0.1) is 0 Å². The van der Waals surface area contributed by atoms with Crippen LogP contribution in [-0.4, -0.2) is 24.2 Å². The van der Waals surface area contributed by atoms with E-state index < -0.39 is 20.6 Å². The van der Waals surface area contributed by atoms with Crippen LogP contribution in [0.3, 0.4) is 0 Å². The van der Waals surface area contributed by atoms with E-state index in [0.717, 1.165) is 0 Å². The Morgan fingerprint density at radius 2 is 1.75 bits per heavy atom. The summed E-state index contributed by atoms with van der Waals surface area (Å²) >= 11 is 0. The second-order valence-electron chi connectivity index (χ2n) is 4.06.